The number of sulfonamides is 1. The van der Waals surface area contributed by atoms with E-state index in [0.717, 1.165) is 25.7 Å². The Balaban J connectivity index is 0.00000280. The van der Waals surface area contributed by atoms with Gasteiger partial charge in [0.1, 0.15) is 0 Å². The van der Waals surface area contributed by atoms with Crippen LogP contribution in [0.25, 0.3) is 0 Å². The number of hydrogen-bond donors (Lipinski definition) is 1. The first-order valence-electron chi connectivity index (χ1n) is 9.94. The fourth-order valence-corrected chi connectivity index (χ4v) is 5.79. The minimum Gasteiger partial charge on any atom is -0.334 e. The molecule has 158 valence electrons. The highest BCUT2D eigenvalue weighted by Gasteiger charge is 2.31. The predicted molar refractivity (Wildman–Crippen MR) is 113 cm³/mol. The molecule has 8 heteroatoms. The molecule has 0 radical (unpaired) electrons. The summed E-state index contributed by atoms with van der Waals surface area (Å²) in [6.07, 6.45) is 3.85. The number of likely N-dealkylation sites (tertiary alicyclic amines) is 1. The Bertz CT molecular complexity index is 769. The Kier molecular flexibility index (Phi) is 7.90. The third kappa shape index (κ3) is 4.87. The van der Waals surface area contributed by atoms with Crippen molar-refractivity contribution in [1.82, 2.24) is 9.21 Å². The molecule has 1 aromatic rings. The first-order chi connectivity index (χ1) is 12.8. The van der Waals surface area contributed by atoms with Crippen molar-refractivity contribution in [1.29, 1.82) is 0 Å². The fraction of sp³-hybridized carbons (Fsp3) is 0.650. The molecule has 3 unspecified atom stereocenters. The quantitative estimate of drug-likeness (QED) is 0.797. The van der Waals surface area contributed by atoms with Gasteiger partial charge < -0.3 is 10.6 Å². The minimum atomic E-state index is -3.50. The van der Waals surface area contributed by atoms with Gasteiger partial charge in [0.2, 0.25) is 10.0 Å². The topological polar surface area (TPSA) is 83.7 Å². The predicted octanol–water partition coefficient (Wildman–Crippen LogP) is 2.73. The Labute approximate surface area is 174 Å². The van der Waals surface area contributed by atoms with Crippen molar-refractivity contribution in [2.24, 2.45) is 17.6 Å². The zero-order valence-corrected chi connectivity index (χ0v) is 18.3. The van der Waals surface area contributed by atoms with Crippen molar-refractivity contribution in [3.63, 3.8) is 0 Å². The van der Waals surface area contributed by atoms with Gasteiger partial charge in [0.05, 0.1) is 4.90 Å². The summed E-state index contributed by atoms with van der Waals surface area (Å²) in [4.78, 5) is 15.0. The van der Waals surface area contributed by atoms with Crippen molar-refractivity contribution in [3.05, 3.63) is 29.8 Å². The standard InChI is InChI=1S/C20H31N3O3S.ClH/c1-15-9-11-23(18(12-15)13-21)20(24)17-5-7-19(8-6-17)27(25,26)22-10-3-4-16(2)14-22;/h5-8,15-16,18H,3-4,9-14,21H2,1-2H3;1H. The summed E-state index contributed by atoms with van der Waals surface area (Å²) >= 11 is 0. The molecule has 0 aliphatic carbocycles. The highest BCUT2D eigenvalue weighted by Crippen LogP contribution is 2.26. The third-order valence-corrected chi connectivity index (χ3v) is 7.75. The Morgan fingerprint density at radius 3 is 2.39 bits per heavy atom. The van der Waals surface area contributed by atoms with E-state index in [0.29, 0.717) is 43.6 Å². The highest BCUT2D eigenvalue weighted by atomic mass is 35.5. The van der Waals surface area contributed by atoms with Gasteiger partial charge in [-0.2, -0.15) is 4.31 Å². The molecule has 0 saturated carbocycles. The molecule has 2 aliphatic heterocycles. The number of nitrogens with zero attached hydrogens (tertiary/aromatic N) is 2. The number of piperidine rings is 2. The summed E-state index contributed by atoms with van der Waals surface area (Å²) in [6.45, 7) is 6.55. The molecular weight excluding hydrogens is 398 g/mol. The fourth-order valence-electron chi connectivity index (χ4n) is 4.19. The number of hydrogen-bond acceptors (Lipinski definition) is 4. The molecule has 0 aromatic heterocycles. The van der Waals surface area contributed by atoms with Crippen LogP contribution in [0.4, 0.5) is 0 Å². The number of carbonyl (C=O) groups excluding carboxylic acids is 1. The molecular formula is C20H32ClN3O3S. The summed E-state index contributed by atoms with van der Waals surface area (Å²) in [5.41, 5.74) is 6.39. The van der Waals surface area contributed by atoms with Gasteiger partial charge in [-0.05, 0) is 61.8 Å². The van der Waals surface area contributed by atoms with Crippen LogP contribution in [0.1, 0.15) is 49.9 Å². The van der Waals surface area contributed by atoms with Crippen LogP contribution in [0.5, 0.6) is 0 Å². The van der Waals surface area contributed by atoms with Crippen LogP contribution < -0.4 is 5.73 Å². The number of benzene rings is 1. The Morgan fingerprint density at radius 1 is 1.11 bits per heavy atom. The average molecular weight is 430 g/mol. The normalized spacial score (nSPS) is 26.5. The van der Waals surface area contributed by atoms with Gasteiger partial charge in [-0.25, -0.2) is 8.42 Å². The van der Waals surface area contributed by atoms with Crippen LogP contribution in [0, 0.1) is 11.8 Å². The van der Waals surface area contributed by atoms with Crippen molar-refractivity contribution in [2.45, 2.75) is 50.5 Å². The lowest BCUT2D eigenvalue weighted by atomic mass is 9.92. The smallest absolute Gasteiger partial charge is 0.254 e. The van der Waals surface area contributed by atoms with Crippen LogP contribution in [0.3, 0.4) is 0 Å². The molecule has 2 N–H and O–H groups in total. The summed E-state index contributed by atoms with van der Waals surface area (Å²) in [6, 6.07) is 6.44. The lowest BCUT2D eigenvalue weighted by Gasteiger charge is -2.38. The van der Waals surface area contributed by atoms with Crippen LogP contribution >= 0.6 is 12.4 Å². The van der Waals surface area contributed by atoms with Crippen LogP contribution in [0.2, 0.25) is 0 Å². The van der Waals surface area contributed by atoms with E-state index in [1.807, 2.05) is 4.90 Å². The van der Waals surface area contributed by atoms with Crippen LogP contribution in [-0.2, 0) is 10.0 Å². The van der Waals surface area contributed by atoms with Gasteiger partial charge in [0.15, 0.2) is 0 Å². The van der Waals surface area contributed by atoms with Crippen LogP contribution in [-0.4, -0.2) is 55.8 Å². The number of amides is 1. The Morgan fingerprint density at radius 2 is 1.79 bits per heavy atom. The highest BCUT2D eigenvalue weighted by molar-refractivity contribution is 7.89. The van der Waals surface area contributed by atoms with Crippen molar-refractivity contribution >= 4 is 28.3 Å². The summed E-state index contributed by atoms with van der Waals surface area (Å²) < 4.78 is 27.3. The molecule has 1 aromatic carbocycles. The zero-order chi connectivity index (χ0) is 19.6. The van der Waals surface area contributed by atoms with Crippen LogP contribution in [0.15, 0.2) is 29.2 Å². The maximum absolute atomic E-state index is 12.9. The maximum atomic E-state index is 12.9. The zero-order valence-electron chi connectivity index (χ0n) is 16.7. The summed E-state index contributed by atoms with van der Waals surface area (Å²) in [7, 11) is -3.50. The molecule has 3 atom stereocenters. The first kappa shape index (κ1) is 23.1. The van der Waals surface area contributed by atoms with E-state index in [2.05, 4.69) is 13.8 Å². The minimum absolute atomic E-state index is 0. The second-order valence-electron chi connectivity index (χ2n) is 8.15. The number of carbonyl (C=O) groups is 1. The van der Waals surface area contributed by atoms with Crippen molar-refractivity contribution < 1.29 is 13.2 Å². The van der Waals surface area contributed by atoms with E-state index in [-0.39, 0.29) is 29.3 Å². The summed E-state index contributed by atoms with van der Waals surface area (Å²) in [5.74, 6) is 0.888. The molecule has 28 heavy (non-hydrogen) atoms. The second-order valence-corrected chi connectivity index (χ2v) is 10.1. The lowest BCUT2D eigenvalue weighted by Crippen LogP contribution is -2.49. The molecule has 2 aliphatic rings. The number of rotatable bonds is 4. The average Bonchev–Trinajstić information content (AvgIpc) is 2.67. The molecule has 0 bridgehead atoms. The van der Waals surface area contributed by atoms with Gasteiger partial charge in [-0.3, -0.25) is 4.79 Å². The monoisotopic (exact) mass is 429 g/mol. The largest absolute Gasteiger partial charge is 0.334 e. The van der Waals surface area contributed by atoms with E-state index in [4.69, 9.17) is 5.73 Å². The van der Waals surface area contributed by atoms with Gasteiger partial charge in [0, 0.05) is 37.8 Å². The van der Waals surface area contributed by atoms with Crippen molar-refractivity contribution in [3.8, 4) is 0 Å². The van der Waals surface area contributed by atoms with Gasteiger partial charge in [-0.1, -0.05) is 13.8 Å². The van der Waals surface area contributed by atoms with E-state index in [9.17, 15) is 13.2 Å². The molecule has 2 heterocycles. The van der Waals surface area contributed by atoms with E-state index < -0.39 is 10.0 Å². The lowest BCUT2D eigenvalue weighted by molar-refractivity contribution is 0.0573. The molecule has 0 spiro atoms. The molecule has 6 nitrogen and oxygen atoms in total. The van der Waals surface area contributed by atoms with Gasteiger partial charge in [0.25, 0.3) is 5.91 Å². The van der Waals surface area contributed by atoms with E-state index >= 15 is 0 Å². The first-order valence-corrected chi connectivity index (χ1v) is 11.4. The maximum Gasteiger partial charge on any atom is 0.254 e. The van der Waals surface area contributed by atoms with E-state index in [1.165, 1.54) is 0 Å². The Hall–Kier alpha value is -1.15. The van der Waals surface area contributed by atoms with Crippen molar-refractivity contribution in [2.75, 3.05) is 26.2 Å². The molecule has 2 saturated heterocycles. The molecule has 2 fully saturated rings. The number of nitrogens with two attached hydrogens (primary N) is 1. The van der Waals surface area contributed by atoms with Gasteiger partial charge >= 0.3 is 0 Å². The third-order valence-electron chi connectivity index (χ3n) is 5.87. The number of halogens is 1. The molecule has 3 rings (SSSR count). The van der Waals surface area contributed by atoms with Gasteiger partial charge in [-0.15, -0.1) is 12.4 Å². The SMILES string of the molecule is CC1CCN(C(=O)c2ccc(S(=O)(=O)N3CCCC(C)C3)cc2)C(CN)C1.Cl. The summed E-state index contributed by atoms with van der Waals surface area (Å²) in [5, 5.41) is 0. The second kappa shape index (κ2) is 9.57. The van der Waals surface area contributed by atoms with E-state index in [1.54, 1.807) is 28.6 Å². The molecule has 1 amide bonds.